The first-order valence-corrected chi connectivity index (χ1v) is 10.8. The van der Waals surface area contributed by atoms with Gasteiger partial charge in [0.25, 0.3) is 0 Å². The third-order valence-corrected chi connectivity index (χ3v) is 5.09. The molecule has 0 aliphatic heterocycles. The number of hydrogen-bond acceptors (Lipinski definition) is 1. The second-order valence-corrected chi connectivity index (χ2v) is 9.51. The first-order chi connectivity index (χ1) is 11.3. The van der Waals surface area contributed by atoms with E-state index < -0.39 is 9.76 Å². The zero-order chi connectivity index (χ0) is 18.3. The van der Waals surface area contributed by atoms with Gasteiger partial charge >= 0.3 is 5.97 Å². The molecular weight excluding hydrogens is 367 g/mol. The lowest BCUT2D eigenvalue weighted by Crippen LogP contribution is -2.08. The summed E-state index contributed by atoms with van der Waals surface area (Å²) < 4.78 is -1.07. The zero-order valence-corrected chi connectivity index (χ0v) is 17.4. The largest absolute Gasteiger partial charge is 0.481 e. The Morgan fingerprint density at radius 3 is 1.42 bits per heavy atom. The maximum absolute atomic E-state index is 10.7. The highest BCUT2D eigenvalue weighted by molar-refractivity contribution is 6.67. The Balaban J connectivity index is 3.12. The van der Waals surface area contributed by atoms with Gasteiger partial charge in [-0.2, -0.15) is 0 Å². The lowest BCUT2D eigenvalue weighted by atomic mass is 10.0. The van der Waals surface area contributed by atoms with Crippen molar-refractivity contribution >= 4 is 40.8 Å². The standard InChI is InChI=1S/C19H35Cl3O2/c1-17(18(23)24)15-13-11-9-7-5-3-2-4-6-8-10-12-14-16-19(20,21)22/h17H,2-16H2,1H3,(H,23,24). The highest BCUT2D eigenvalue weighted by atomic mass is 35.6. The maximum atomic E-state index is 10.7. The summed E-state index contributed by atoms with van der Waals surface area (Å²) in [6, 6.07) is 0. The zero-order valence-electron chi connectivity index (χ0n) is 15.2. The summed E-state index contributed by atoms with van der Waals surface area (Å²) in [6.07, 6.45) is 17.6. The molecule has 0 saturated carbocycles. The average molecular weight is 402 g/mol. The summed E-state index contributed by atoms with van der Waals surface area (Å²) in [4.78, 5) is 10.7. The molecule has 0 aromatic heterocycles. The number of aliphatic carboxylic acids is 1. The van der Waals surface area contributed by atoms with E-state index in [0.717, 1.165) is 25.7 Å². The first-order valence-electron chi connectivity index (χ1n) is 9.62. The van der Waals surface area contributed by atoms with Gasteiger partial charge in [-0.05, 0) is 19.3 Å². The Kier molecular flexibility index (Phi) is 15.8. The molecule has 0 fully saturated rings. The molecule has 0 radical (unpaired) electrons. The molecule has 0 rings (SSSR count). The molecule has 0 aromatic carbocycles. The van der Waals surface area contributed by atoms with Gasteiger partial charge in [0.05, 0.1) is 5.92 Å². The van der Waals surface area contributed by atoms with Crippen LogP contribution >= 0.6 is 34.8 Å². The number of carboxylic acid groups (broad SMARTS) is 1. The van der Waals surface area contributed by atoms with Crippen LogP contribution in [0.2, 0.25) is 0 Å². The van der Waals surface area contributed by atoms with E-state index in [4.69, 9.17) is 39.9 Å². The summed E-state index contributed by atoms with van der Waals surface area (Å²) in [5, 5.41) is 8.80. The Labute approximate surface area is 163 Å². The number of carboxylic acids is 1. The van der Waals surface area contributed by atoms with Crippen LogP contribution in [0.5, 0.6) is 0 Å². The van der Waals surface area contributed by atoms with E-state index in [1.165, 1.54) is 64.2 Å². The van der Waals surface area contributed by atoms with Crippen molar-refractivity contribution in [1.29, 1.82) is 0 Å². The van der Waals surface area contributed by atoms with E-state index in [1.54, 1.807) is 6.92 Å². The predicted molar refractivity (Wildman–Crippen MR) is 106 cm³/mol. The van der Waals surface area contributed by atoms with Crippen molar-refractivity contribution in [1.82, 2.24) is 0 Å². The molecule has 0 heterocycles. The molecule has 0 amide bonds. The molecular formula is C19H35Cl3O2. The highest BCUT2D eigenvalue weighted by Gasteiger charge is 2.17. The summed E-state index contributed by atoms with van der Waals surface area (Å²) >= 11 is 17.2. The molecule has 0 spiro atoms. The minimum absolute atomic E-state index is 0.188. The molecule has 0 bridgehead atoms. The Morgan fingerprint density at radius 1 is 0.750 bits per heavy atom. The molecule has 0 aliphatic carbocycles. The number of alkyl halides is 3. The van der Waals surface area contributed by atoms with Crippen molar-refractivity contribution in [3.05, 3.63) is 0 Å². The SMILES string of the molecule is CC(CCCCCCCCCCCCCCCC(Cl)(Cl)Cl)C(=O)O. The summed E-state index contributed by atoms with van der Waals surface area (Å²) in [5.41, 5.74) is 0. The Bertz CT molecular complexity index is 303. The third-order valence-electron chi connectivity index (χ3n) is 4.52. The number of hydrogen-bond donors (Lipinski definition) is 1. The number of halogens is 3. The topological polar surface area (TPSA) is 37.3 Å². The molecule has 0 saturated heterocycles. The van der Waals surface area contributed by atoms with E-state index in [0.29, 0.717) is 6.42 Å². The van der Waals surface area contributed by atoms with Crippen LogP contribution in [0, 0.1) is 5.92 Å². The average Bonchev–Trinajstić information content (AvgIpc) is 2.49. The Morgan fingerprint density at radius 2 is 1.08 bits per heavy atom. The predicted octanol–water partition coefficient (Wildman–Crippen LogP) is 7.93. The van der Waals surface area contributed by atoms with E-state index in [9.17, 15) is 4.79 Å². The van der Waals surface area contributed by atoms with Crippen molar-refractivity contribution < 1.29 is 9.90 Å². The van der Waals surface area contributed by atoms with Crippen LogP contribution in [-0.4, -0.2) is 14.9 Å². The quantitative estimate of drug-likeness (QED) is 0.210. The van der Waals surface area contributed by atoms with Gasteiger partial charge in [-0.15, -0.1) is 0 Å². The van der Waals surface area contributed by atoms with Crippen molar-refractivity contribution in [3.8, 4) is 0 Å². The molecule has 1 unspecified atom stereocenters. The van der Waals surface area contributed by atoms with Gasteiger partial charge in [0.15, 0.2) is 3.79 Å². The Hall–Kier alpha value is 0.340. The van der Waals surface area contributed by atoms with Crippen molar-refractivity contribution in [3.63, 3.8) is 0 Å². The molecule has 24 heavy (non-hydrogen) atoms. The van der Waals surface area contributed by atoms with Gasteiger partial charge in [-0.3, -0.25) is 4.79 Å². The van der Waals surface area contributed by atoms with E-state index >= 15 is 0 Å². The molecule has 0 aromatic rings. The fraction of sp³-hybridized carbons (Fsp3) is 0.947. The van der Waals surface area contributed by atoms with Gasteiger partial charge < -0.3 is 5.11 Å². The third kappa shape index (κ3) is 18.7. The lowest BCUT2D eigenvalue weighted by Gasteiger charge is -2.09. The molecule has 5 heteroatoms. The first kappa shape index (κ1) is 24.3. The van der Waals surface area contributed by atoms with Crippen LogP contribution in [0.15, 0.2) is 0 Å². The van der Waals surface area contributed by atoms with Gasteiger partial charge in [-0.1, -0.05) is 119 Å². The second-order valence-electron chi connectivity index (χ2n) is 6.99. The monoisotopic (exact) mass is 400 g/mol. The van der Waals surface area contributed by atoms with Gasteiger partial charge in [0.1, 0.15) is 0 Å². The van der Waals surface area contributed by atoms with Crippen LogP contribution in [0.25, 0.3) is 0 Å². The van der Waals surface area contributed by atoms with Gasteiger partial charge in [-0.25, -0.2) is 0 Å². The lowest BCUT2D eigenvalue weighted by molar-refractivity contribution is -0.141. The normalized spacial score (nSPS) is 13.2. The minimum Gasteiger partial charge on any atom is -0.481 e. The molecule has 1 atom stereocenters. The van der Waals surface area contributed by atoms with Crippen LogP contribution < -0.4 is 0 Å². The summed E-state index contributed by atoms with van der Waals surface area (Å²) in [7, 11) is 0. The van der Waals surface area contributed by atoms with Crippen molar-refractivity contribution in [2.24, 2.45) is 5.92 Å². The summed E-state index contributed by atoms with van der Waals surface area (Å²) in [6.45, 7) is 1.79. The highest BCUT2D eigenvalue weighted by Crippen LogP contribution is 2.32. The minimum atomic E-state index is -1.07. The molecule has 144 valence electrons. The van der Waals surface area contributed by atoms with E-state index in [2.05, 4.69) is 0 Å². The van der Waals surface area contributed by atoms with Crippen LogP contribution in [0.1, 0.15) is 103 Å². The number of rotatable bonds is 16. The van der Waals surface area contributed by atoms with Crippen molar-refractivity contribution in [2.75, 3.05) is 0 Å². The van der Waals surface area contributed by atoms with Gasteiger partial charge in [0, 0.05) is 0 Å². The van der Waals surface area contributed by atoms with Crippen LogP contribution in [0.3, 0.4) is 0 Å². The van der Waals surface area contributed by atoms with Gasteiger partial charge in [0.2, 0.25) is 0 Å². The fourth-order valence-electron chi connectivity index (χ4n) is 2.84. The van der Waals surface area contributed by atoms with Crippen LogP contribution in [-0.2, 0) is 4.79 Å². The fourth-order valence-corrected chi connectivity index (χ4v) is 3.24. The van der Waals surface area contributed by atoms with E-state index in [1.807, 2.05) is 0 Å². The maximum Gasteiger partial charge on any atom is 0.306 e. The van der Waals surface area contributed by atoms with Crippen LogP contribution in [0.4, 0.5) is 0 Å². The summed E-state index contributed by atoms with van der Waals surface area (Å²) in [5.74, 6) is -0.854. The smallest absolute Gasteiger partial charge is 0.306 e. The molecule has 0 aliphatic rings. The second kappa shape index (κ2) is 15.6. The van der Waals surface area contributed by atoms with Crippen molar-refractivity contribution in [2.45, 2.75) is 107 Å². The molecule has 1 N–H and O–H groups in total. The number of carbonyl (C=O) groups is 1. The van der Waals surface area contributed by atoms with E-state index in [-0.39, 0.29) is 5.92 Å². The number of unbranched alkanes of at least 4 members (excludes halogenated alkanes) is 12. The molecule has 2 nitrogen and oxygen atoms in total.